The van der Waals surface area contributed by atoms with Crippen molar-refractivity contribution in [2.75, 3.05) is 33.4 Å². The molecule has 0 aromatic heterocycles. The van der Waals surface area contributed by atoms with Crippen LogP contribution in [0.2, 0.25) is 0 Å². The van der Waals surface area contributed by atoms with Gasteiger partial charge >= 0.3 is 0 Å². The van der Waals surface area contributed by atoms with Gasteiger partial charge in [-0.3, -0.25) is 4.79 Å². The SMILES string of the molecule is COC[C@]12CCCO[C@@H]1CCN(C(=O)Cc1cccc(F)c1)C2. The number of fused-ring (bicyclic) bond motifs is 1. The maximum Gasteiger partial charge on any atom is 0.227 e. The zero-order valence-corrected chi connectivity index (χ0v) is 13.6. The molecule has 0 unspecified atom stereocenters. The fourth-order valence-electron chi connectivity index (χ4n) is 3.93. The molecule has 2 aliphatic heterocycles. The van der Waals surface area contributed by atoms with Crippen LogP contribution in [0, 0.1) is 11.2 Å². The van der Waals surface area contributed by atoms with Crippen LogP contribution in [0.4, 0.5) is 4.39 Å². The summed E-state index contributed by atoms with van der Waals surface area (Å²) in [5.74, 6) is -0.249. The van der Waals surface area contributed by atoms with Gasteiger partial charge in [0.25, 0.3) is 0 Å². The minimum absolute atomic E-state index is 0.0510. The summed E-state index contributed by atoms with van der Waals surface area (Å²) < 4.78 is 24.7. The van der Waals surface area contributed by atoms with E-state index in [4.69, 9.17) is 9.47 Å². The van der Waals surface area contributed by atoms with Crippen LogP contribution in [0.25, 0.3) is 0 Å². The molecule has 0 saturated carbocycles. The molecule has 0 spiro atoms. The molecule has 2 fully saturated rings. The van der Waals surface area contributed by atoms with Crippen LogP contribution in [0.3, 0.4) is 0 Å². The van der Waals surface area contributed by atoms with E-state index in [0.29, 0.717) is 19.7 Å². The predicted molar refractivity (Wildman–Crippen MR) is 84.6 cm³/mol. The number of rotatable bonds is 4. The van der Waals surface area contributed by atoms with Gasteiger partial charge in [-0.05, 0) is 37.0 Å². The van der Waals surface area contributed by atoms with E-state index in [1.807, 2.05) is 4.90 Å². The molecule has 2 heterocycles. The van der Waals surface area contributed by atoms with Crippen LogP contribution in [0.15, 0.2) is 24.3 Å². The van der Waals surface area contributed by atoms with Crippen molar-refractivity contribution in [1.82, 2.24) is 4.90 Å². The standard InChI is InChI=1S/C18H24FNO3/c1-22-13-18-7-3-9-23-16(18)6-8-20(12-18)17(21)11-14-4-2-5-15(19)10-14/h2,4-5,10,16H,3,6-9,11-13H2,1H3/t16-,18-/m1/s1. The summed E-state index contributed by atoms with van der Waals surface area (Å²) in [6.45, 7) is 2.78. The highest BCUT2D eigenvalue weighted by Crippen LogP contribution is 2.40. The number of benzene rings is 1. The minimum Gasteiger partial charge on any atom is -0.384 e. The highest BCUT2D eigenvalue weighted by Gasteiger charge is 2.46. The van der Waals surface area contributed by atoms with Crippen LogP contribution in [-0.4, -0.2) is 50.3 Å². The van der Waals surface area contributed by atoms with Gasteiger partial charge in [-0.2, -0.15) is 0 Å². The summed E-state index contributed by atoms with van der Waals surface area (Å²) in [6.07, 6.45) is 3.29. The average molecular weight is 321 g/mol. The first-order chi connectivity index (χ1) is 11.1. The van der Waals surface area contributed by atoms with E-state index >= 15 is 0 Å². The lowest BCUT2D eigenvalue weighted by molar-refractivity contribution is -0.161. The maximum absolute atomic E-state index is 13.3. The Bertz CT molecular complexity index is 561. The van der Waals surface area contributed by atoms with Gasteiger partial charge in [0.15, 0.2) is 0 Å². The number of hydrogen-bond acceptors (Lipinski definition) is 3. The molecule has 1 amide bonds. The van der Waals surface area contributed by atoms with E-state index in [-0.39, 0.29) is 29.7 Å². The van der Waals surface area contributed by atoms with Crippen molar-refractivity contribution in [2.45, 2.75) is 31.8 Å². The van der Waals surface area contributed by atoms with Gasteiger partial charge in [0, 0.05) is 32.2 Å². The van der Waals surface area contributed by atoms with E-state index < -0.39 is 0 Å². The number of methoxy groups -OCH3 is 1. The van der Waals surface area contributed by atoms with Crippen LogP contribution in [-0.2, 0) is 20.7 Å². The number of amides is 1. The fourth-order valence-corrected chi connectivity index (χ4v) is 3.93. The van der Waals surface area contributed by atoms with E-state index in [2.05, 4.69) is 0 Å². The molecule has 0 radical (unpaired) electrons. The third kappa shape index (κ3) is 3.56. The summed E-state index contributed by atoms with van der Waals surface area (Å²) in [5.41, 5.74) is 0.626. The molecule has 3 rings (SSSR count). The molecule has 1 aromatic carbocycles. The van der Waals surface area contributed by atoms with Crippen LogP contribution in [0.1, 0.15) is 24.8 Å². The van der Waals surface area contributed by atoms with Crippen LogP contribution >= 0.6 is 0 Å². The van der Waals surface area contributed by atoms with Gasteiger partial charge in [0.1, 0.15) is 5.82 Å². The Balaban J connectivity index is 1.69. The second-order valence-corrected chi connectivity index (χ2v) is 6.67. The Hall–Kier alpha value is -1.46. The number of carbonyl (C=O) groups is 1. The topological polar surface area (TPSA) is 38.8 Å². The normalized spacial score (nSPS) is 27.6. The Kier molecular flexibility index (Phi) is 4.97. The molecule has 0 aliphatic carbocycles. The Labute approximate surface area is 136 Å². The van der Waals surface area contributed by atoms with Crippen LogP contribution < -0.4 is 0 Å². The molecule has 2 atom stereocenters. The molecule has 23 heavy (non-hydrogen) atoms. The number of likely N-dealkylation sites (tertiary alicyclic amines) is 1. The van der Waals surface area contributed by atoms with Gasteiger partial charge in [0.05, 0.1) is 19.1 Å². The largest absolute Gasteiger partial charge is 0.384 e. The first-order valence-corrected chi connectivity index (χ1v) is 8.26. The molecular weight excluding hydrogens is 297 g/mol. The molecule has 126 valence electrons. The van der Waals surface area contributed by atoms with Crippen LogP contribution in [0.5, 0.6) is 0 Å². The fraction of sp³-hybridized carbons (Fsp3) is 0.611. The molecule has 0 bridgehead atoms. The van der Waals surface area contributed by atoms with E-state index in [9.17, 15) is 9.18 Å². The third-order valence-electron chi connectivity index (χ3n) is 5.02. The zero-order chi connectivity index (χ0) is 16.3. The molecule has 1 aromatic rings. The summed E-state index contributed by atoms with van der Waals surface area (Å²) in [4.78, 5) is 14.5. The van der Waals surface area contributed by atoms with Gasteiger partial charge in [-0.25, -0.2) is 4.39 Å². The van der Waals surface area contributed by atoms with Crippen molar-refractivity contribution < 1.29 is 18.7 Å². The lowest BCUT2D eigenvalue weighted by Crippen LogP contribution is -2.58. The van der Waals surface area contributed by atoms with Gasteiger partial charge in [-0.15, -0.1) is 0 Å². The van der Waals surface area contributed by atoms with E-state index in [1.165, 1.54) is 12.1 Å². The smallest absolute Gasteiger partial charge is 0.227 e. The van der Waals surface area contributed by atoms with Crippen molar-refractivity contribution in [3.05, 3.63) is 35.6 Å². The number of halogens is 1. The number of carbonyl (C=O) groups excluding carboxylic acids is 1. The highest BCUT2D eigenvalue weighted by atomic mass is 19.1. The average Bonchev–Trinajstić information content (AvgIpc) is 2.54. The monoisotopic (exact) mass is 321 g/mol. The molecular formula is C18H24FNO3. The molecule has 5 heteroatoms. The van der Waals surface area contributed by atoms with Crippen molar-refractivity contribution in [3.8, 4) is 0 Å². The number of ether oxygens (including phenoxy) is 2. The number of piperidine rings is 1. The van der Waals surface area contributed by atoms with Gasteiger partial charge in [0.2, 0.25) is 5.91 Å². The first-order valence-electron chi connectivity index (χ1n) is 8.26. The zero-order valence-electron chi connectivity index (χ0n) is 13.6. The number of hydrogen-bond donors (Lipinski definition) is 0. The predicted octanol–water partition coefficient (Wildman–Crippen LogP) is 2.41. The Morgan fingerprint density at radius 3 is 3.17 bits per heavy atom. The highest BCUT2D eigenvalue weighted by molar-refractivity contribution is 5.79. The van der Waals surface area contributed by atoms with Gasteiger partial charge in [-0.1, -0.05) is 12.1 Å². The molecule has 4 nitrogen and oxygen atoms in total. The van der Waals surface area contributed by atoms with Gasteiger partial charge < -0.3 is 14.4 Å². The second-order valence-electron chi connectivity index (χ2n) is 6.67. The molecule has 2 saturated heterocycles. The Morgan fingerprint density at radius 1 is 1.52 bits per heavy atom. The maximum atomic E-state index is 13.3. The van der Waals surface area contributed by atoms with Crippen molar-refractivity contribution in [1.29, 1.82) is 0 Å². The van der Waals surface area contributed by atoms with Crippen molar-refractivity contribution in [3.63, 3.8) is 0 Å². The molecule has 2 aliphatic rings. The van der Waals surface area contributed by atoms with Crippen molar-refractivity contribution >= 4 is 5.91 Å². The second kappa shape index (κ2) is 6.97. The summed E-state index contributed by atoms with van der Waals surface area (Å²) in [5, 5.41) is 0. The Morgan fingerprint density at radius 2 is 2.39 bits per heavy atom. The first kappa shape index (κ1) is 16.4. The summed E-state index contributed by atoms with van der Waals surface area (Å²) in [6, 6.07) is 6.26. The lowest BCUT2D eigenvalue weighted by atomic mass is 9.73. The third-order valence-corrected chi connectivity index (χ3v) is 5.02. The summed E-state index contributed by atoms with van der Waals surface area (Å²) >= 11 is 0. The minimum atomic E-state index is -0.300. The van der Waals surface area contributed by atoms with E-state index in [1.54, 1.807) is 19.2 Å². The molecule has 0 N–H and O–H groups in total. The number of nitrogens with zero attached hydrogens (tertiary/aromatic N) is 1. The quantitative estimate of drug-likeness (QED) is 0.855. The summed E-state index contributed by atoms with van der Waals surface area (Å²) in [7, 11) is 1.70. The lowest BCUT2D eigenvalue weighted by Gasteiger charge is -2.50. The van der Waals surface area contributed by atoms with E-state index in [0.717, 1.165) is 31.4 Å². The van der Waals surface area contributed by atoms with Crippen molar-refractivity contribution in [2.24, 2.45) is 5.41 Å².